The minimum atomic E-state index is -0.424. The summed E-state index contributed by atoms with van der Waals surface area (Å²) in [5.41, 5.74) is 2.39. The Morgan fingerprint density at radius 1 is 1.19 bits per heavy atom. The van der Waals surface area contributed by atoms with Crippen molar-refractivity contribution in [2.75, 3.05) is 14.1 Å². The van der Waals surface area contributed by atoms with E-state index in [1.54, 1.807) is 23.4 Å². The molecule has 0 radical (unpaired) electrons. The molecule has 1 aromatic carbocycles. The number of hydrogen-bond donors (Lipinski definition) is 0. The van der Waals surface area contributed by atoms with Crippen LogP contribution in [-0.2, 0) is 0 Å². The molecule has 0 aliphatic carbocycles. The Kier molecular flexibility index (Phi) is 4.48. The van der Waals surface area contributed by atoms with Gasteiger partial charge in [-0.2, -0.15) is 0 Å². The maximum atomic E-state index is 13.3. The molecule has 0 aliphatic rings. The molecule has 21 heavy (non-hydrogen) atoms. The average Bonchev–Trinajstić information content (AvgIpc) is 2.45. The number of rotatable bonds is 4. The summed E-state index contributed by atoms with van der Waals surface area (Å²) in [5.74, 6) is -0.652. The second-order valence-electron chi connectivity index (χ2n) is 5.03. The van der Waals surface area contributed by atoms with Crippen LogP contribution in [0.2, 0.25) is 0 Å². The highest BCUT2D eigenvalue weighted by Crippen LogP contribution is 2.20. The molecule has 0 unspecified atom stereocenters. The van der Waals surface area contributed by atoms with Gasteiger partial charge in [0.2, 0.25) is 0 Å². The number of allylic oxidation sites excluding steroid dienone is 1. The van der Waals surface area contributed by atoms with Crippen molar-refractivity contribution in [3.8, 4) is 0 Å². The van der Waals surface area contributed by atoms with E-state index in [-0.39, 0.29) is 5.78 Å². The maximum absolute atomic E-state index is 13.3. The fourth-order valence-corrected chi connectivity index (χ4v) is 1.93. The summed E-state index contributed by atoms with van der Waals surface area (Å²) in [5, 5.41) is 0. The Morgan fingerprint density at radius 2 is 1.95 bits per heavy atom. The van der Waals surface area contributed by atoms with Crippen LogP contribution in [0.1, 0.15) is 21.6 Å². The minimum Gasteiger partial charge on any atom is -0.383 e. The summed E-state index contributed by atoms with van der Waals surface area (Å²) in [4.78, 5) is 18.6. The van der Waals surface area contributed by atoms with Gasteiger partial charge in [0.05, 0.1) is 0 Å². The fraction of sp³-hybridized carbons (Fsp3) is 0.176. The van der Waals surface area contributed by atoms with E-state index in [2.05, 4.69) is 4.98 Å². The zero-order valence-electron chi connectivity index (χ0n) is 12.3. The van der Waals surface area contributed by atoms with Gasteiger partial charge in [-0.05, 0) is 25.1 Å². The van der Waals surface area contributed by atoms with E-state index in [1.165, 1.54) is 18.2 Å². The van der Waals surface area contributed by atoms with Crippen molar-refractivity contribution in [2.24, 2.45) is 0 Å². The molecule has 1 aromatic heterocycles. The number of carbonyl (C=O) groups is 1. The molecular formula is C17H17FN2O. The van der Waals surface area contributed by atoms with E-state index in [4.69, 9.17) is 0 Å². The predicted octanol–water partition coefficient (Wildman–Crippen LogP) is 3.31. The van der Waals surface area contributed by atoms with Crippen LogP contribution < -0.4 is 0 Å². The van der Waals surface area contributed by atoms with Gasteiger partial charge >= 0.3 is 0 Å². The first-order valence-corrected chi connectivity index (χ1v) is 6.59. The van der Waals surface area contributed by atoms with Gasteiger partial charge in [-0.1, -0.05) is 18.2 Å². The number of hydrogen-bond acceptors (Lipinski definition) is 3. The van der Waals surface area contributed by atoms with Crippen LogP contribution >= 0.6 is 0 Å². The van der Waals surface area contributed by atoms with E-state index in [9.17, 15) is 9.18 Å². The number of carbonyl (C=O) groups excluding carboxylic acids is 1. The molecule has 0 fully saturated rings. The summed E-state index contributed by atoms with van der Waals surface area (Å²) in [6.45, 7) is 1.88. The number of nitrogens with zero attached hydrogens (tertiary/aromatic N) is 2. The first-order valence-electron chi connectivity index (χ1n) is 6.59. The molecule has 3 nitrogen and oxygen atoms in total. The Labute approximate surface area is 123 Å². The van der Waals surface area contributed by atoms with E-state index in [1.807, 2.05) is 33.2 Å². The molecule has 0 amide bonds. The largest absolute Gasteiger partial charge is 0.383 e. The molecule has 1 heterocycles. The van der Waals surface area contributed by atoms with Crippen LogP contribution in [0.5, 0.6) is 0 Å². The third-order valence-electron chi connectivity index (χ3n) is 2.94. The molecular weight excluding hydrogens is 267 g/mol. The van der Waals surface area contributed by atoms with Gasteiger partial charge in [-0.25, -0.2) is 4.39 Å². The summed E-state index contributed by atoms with van der Waals surface area (Å²) in [7, 11) is 3.67. The number of pyridine rings is 1. The Bertz CT molecular complexity index is 675. The van der Waals surface area contributed by atoms with Crippen molar-refractivity contribution in [3.05, 3.63) is 71.4 Å². The van der Waals surface area contributed by atoms with Gasteiger partial charge < -0.3 is 4.90 Å². The second kappa shape index (κ2) is 6.31. The van der Waals surface area contributed by atoms with Crippen LogP contribution in [0.15, 0.2) is 48.8 Å². The van der Waals surface area contributed by atoms with E-state index in [0.717, 1.165) is 5.69 Å². The quantitative estimate of drug-likeness (QED) is 0.638. The first kappa shape index (κ1) is 14.9. The zero-order valence-corrected chi connectivity index (χ0v) is 12.3. The van der Waals surface area contributed by atoms with Gasteiger partial charge in [0.15, 0.2) is 5.78 Å². The zero-order chi connectivity index (χ0) is 15.4. The Balaban J connectivity index is 2.46. The van der Waals surface area contributed by atoms with Crippen molar-refractivity contribution in [2.45, 2.75) is 6.92 Å². The highest BCUT2D eigenvalue weighted by atomic mass is 19.1. The molecule has 0 bridgehead atoms. The molecule has 0 aliphatic heterocycles. The van der Waals surface area contributed by atoms with Gasteiger partial charge in [-0.3, -0.25) is 9.78 Å². The molecule has 2 rings (SSSR count). The van der Waals surface area contributed by atoms with Gasteiger partial charge in [0.25, 0.3) is 0 Å². The standard InChI is InChI=1S/C17H17FN2O/c1-12-7-8-14(10-19-12)16(11-20(2)3)17(21)13-5-4-6-15(18)9-13/h4-11H,1-3H3/b16-11+. The molecule has 0 saturated carbocycles. The third-order valence-corrected chi connectivity index (χ3v) is 2.94. The summed E-state index contributed by atoms with van der Waals surface area (Å²) >= 11 is 0. The number of Topliss-reactive ketones (excluding diaryl/α,β-unsaturated/α-hetero) is 1. The Hall–Kier alpha value is -2.49. The second-order valence-corrected chi connectivity index (χ2v) is 5.03. The number of aromatic nitrogens is 1. The SMILES string of the molecule is Cc1ccc(/C(=C\N(C)C)C(=O)c2cccc(F)c2)cn1. The van der Waals surface area contributed by atoms with Crippen molar-refractivity contribution < 1.29 is 9.18 Å². The lowest BCUT2D eigenvalue weighted by Crippen LogP contribution is -2.10. The van der Waals surface area contributed by atoms with Crippen LogP contribution in [0.4, 0.5) is 4.39 Å². The maximum Gasteiger partial charge on any atom is 0.195 e. The van der Waals surface area contributed by atoms with Crippen molar-refractivity contribution >= 4 is 11.4 Å². The third kappa shape index (κ3) is 3.75. The fourth-order valence-electron chi connectivity index (χ4n) is 1.93. The number of benzene rings is 1. The number of halogens is 1. The van der Waals surface area contributed by atoms with Crippen molar-refractivity contribution in [1.82, 2.24) is 9.88 Å². The lowest BCUT2D eigenvalue weighted by Gasteiger charge is -2.12. The molecule has 0 N–H and O–H groups in total. The van der Waals surface area contributed by atoms with E-state index >= 15 is 0 Å². The highest BCUT2D eigenvalue weighted by molar-refractivity contribution is 6.28. The number of ketones is 1. The monoisotopic (exact) mass is 284 g/mol. The molecule has 0 atom stereocenters. The average molecular weight is 284 g/mol. The lowest BCUT2D eigenvalue weighted by atomic mass is 9.98. The molecule has 0 saturated heterocycles. The summed E-state index contributed by atoms with van der Waals surface area (Å²) < 4.78 is 13.3. The first-order chi connectivity index (χ1) is 9.97. The minimum absolute atomic E-state index is 0.228. The van der Waals surface area contributed by atoms with Gasteiger partial charge in [-0.15, -0.1) is 0 Å². The van der Waals surface area contributed by atoms with Crippen LogP contribution in [0.25, 0.3) is 5.57 Å². The molecule has 2 aromatic rings. The normalized spacial score (nSPS) is 11.3. The van der Waals surface area contributed by atoms with Gasteiger partial charge in [0, 0.05) is 48.9 Å². The van der Waals surface area contributed by atoms with Crippen LogP contribution in [-0.4, -0.2) is 29.8 Å². The van der Waals surface area contributed by atoms with Crippen LogP contribution in [0, 0.1) is 12.7 Å². The highest BCUT2D eigenvalue weighted by Gasteiger charge is 2.15. The van der Waals surface area contributed by atoms with Gasteiger partial charge in [0.1, 0.15) is 5.82 Å². The molecule has 4 heteroatoms. The van der Waals surface area contributed by atoms with Crippen molar-refractivity contribution in [1.29, 1.82) is 0 Å². The smallest absolute Gasteiger partial charge is 0.195 e. The van der Waals surface area contributed by atoms with Crippen LogP contribution in [0.3, 0.4) is 0 Å². The van der Waals surface area contributed by atoms with E-state index < -0.39 is 5.82 Å². The summed E-state index contributed by atoms with van der Waals surface area (Å²) in [6, 6.07) is 9.39. The van der Waals surface area contributed by atoms with E-state index in [0.29, 0.717) is 16.7 Å². The molecule has 108 valence electrons. The topological polar surface area (TPSA) is 33.2 Å². The Morgan fingerprint density at radius 3 is 2.52 bits per heavy atom. The van der Waals surface area contributed by atoms with Crippen molar-refractivity contribution in [3.63, 3.8) is 0 Å². The number of aryl methyl sites for hydroxylation is 1. The summed E-state index contributed by atoms with van der Waals surface area (Å²) in [6.07, 6.45) is 3.38. The lowest BCUT2D eigenvalue weighted by molar-refractivity contribution is 0.105. The molecule has 0 spiro atoms. The predicted molar refractivity (Wildman–Crippen MR) is 81.4 cm³/mol.